The van der Waals surface area contributed by atoms with Crippen molar-refractivity contribution in [2.75, 3.05) is 10.2 Å². The molecule has 2 aromatic rings. The van der Waals surface area contributed by atoms with E-state index in [0.717, 1.165) is 16.9 Å². The van der Waals surface area contributed by atoms with Gasteiger partial charge in [-0.1, -0.05) is 19.1 Å². The molecule has 2 N–H and O–H groups in total. The number of nitrogens with one attached hydrogen (secondary N) is 2. The summed E-state index contributed by atoms with van der Waals surface area (Å²) in [5.41, 5.74) is 2.66. The minimum Gasteiger partial charge on any atom is -0.326 e. The molecule has 2 aliphatic rings. The van der Waals surface area contributed by atoms with Gasteiger partial charge in [-0.2, -0.15) is 0 Å². The van der Waals surface area contributed by atoms with Crippen LogP contribution < -0.4 is 14.9 Å². The van der Waals surface area contributed by atoms with E-state index in [0.29, 0.717) is 42.6 Å². The highest BCUT2D eigenvalue weighted by Crippen LogP contribution is 2.31. The number of carbonyl (C=O) groups excluding carboxylic acids is 3. The molecule has 8 nitrogen and oxygen atoms in total. The van der Waals surface area contributed by atoms with E-state index in [1.165, 1.54) is 0 Å². The van der Waals surface area contributed by atoms with E-state index in [1.54, 1.807) is 44.2 Å². The number of anilines is 2. The Kier molecular flexibility index (Phi) is 7.10. The zero-order valence-corrected chi connectivity index (χ0v) is 21.0. The van der Waals surface area contributed by atoms with Gasteiger partial charge in [0.1, 0.15) is 0 Å². The molecule has 0 aromatic heterocycles. The van der Waals surface area contributed by atoms with Crippen LogP contribution in [0.1, 0.15) is 72.7 Å². The van der Waals surface area contributed by atoms with Crippen molar-refractivity contribution in [2.24, 2.45) is 5.92 Å². The van der Waals surface area contributed by atoms with Crippen LogP contribution in [0.3, 0.4) is 0 Å². The van der Waals surface area contributed by atoms with Crippen molar-refractivity contribution < 1.29 is 22.8 Å². The molecule has 0 spiro atoms. The van der Waals surface area contributed by atoms with Crippen molar-refractivity contribution in [3.05, 3.63) is 59.2 Å². The van der Waals surface area contributed by atoms with Gasteiger partial charge in [-0.25, -0.2) is 18.0 Å². The molecule has 2 aromatic carbocycles. The van der Waals surface area contributed by atoms with Crippen LogP contribution in [-0.4, -0.2) is 37.4 Å². The van der Waals surface area contributed by atoms with Gasteiger partial charge in [0.15, 0.2) is 0 Å². The summed E-state index contributed by atoms with van der Waals surface area (Å²) in [5, 5.41) is 2.37. The fourth-order valence-electron chi connectivity index (χ4n) is 4.52. The van der Waals surface area contributed by atoms with Gasteiger partial charge in [0.25, 0.3) is 11.8 Å². The Labute approximate surface area is 206 Å². The zero-order valence-electron chi connectivity index (χ0n) is 20.2. The van der Waals surface area contributed by atoms with Crippen LogP contribution in [-0.2, 0) is 21.2 Å². The first kappa shape index (κ1) is 25.1. The lowest BCUT2D eigenvalue weighted by atomic mass is 9.86. The summed E-state index contributed by atoms with van der Waals surface area (Å²) in [5.74, 6) is -1.20. The van der Waals surface area contributed by atoms with E-state index in [2.05, 4.69) is 10.0 Å². The smallest absolute Gasteiger partial charge is 0.266 e. The van der Waals surface area contributed by atoms with Crippen LogP contribution in [0.5, 0.6) is 0 Å². The second-order valence-electron chi connectivity index (χ2n) is 9.48. The largest absolute Gasteiger partial charge is 0.326 e. The number of amides is 3. The number of imide groups is 1. The number of hydrogen-bond donors (Lipinski definition) is 2. The Balaban J connectivity index is 1.40. The van der Waals surface area contributed by atoms with Gasteiger partial charge in [0.05, 0.1) is 22.1 Å². The van der Waals surface area contributed by atoms with Gasteiger partial charge in [-0.3, -0.25) is 14.4 Å². The fourth-order valence-corrected chi connectivity index (χ4v) is 5.49. The maximum atomic E-state index is 13.0. The van der Waals surface area contributed by atoms with Gasteiger partial charge in [0.2, 0.25) is 15.9 Å². The highest BCUT2D eigenvalue weighted by atomic mass is 32.2. The first-order valence-electron chi connectivity index (χ1n) is 12.0. The molecule has 1 heterocycles. The molecule has 9 heteroatoms. The maximum Gasteiger partial charge on any atom is 0.266 e. The molecule has 1 aliphatic carbocycles. The molecule has 0 radical (unpaired) electrons. The number of rotatable bonds is 7. The second kappa shape index (κ2) is 9.91. The number of aryl methyl sites for hydroxylation is 1. The molecule has 1 fully saturated rings. The summed E-state index contributed by atoms with van der Waals surface area (Å²) in [6.07, 6.45) is 3.18. The minimum absolute atomic E-state index is 0.160. The lowest BCUT2D eigenvalue weighted by Crippen LogP contribution is -2.42. The summed E-state index contributed by atoms with van der Waals surface area (Å²) in [6, 6.07) is 11.9. The van der Waals surface area contributed by atoms with Crippen molar-refractivity contribution in [1.29, 1.82) is 0 Å². The molecule has 186 valence electrons. The van der Waals surface area contributed by atoms with Crippen molar-refractivity contribution in [1.82, 2.24) is 4.72 Å². The standard InChI is InChI=1S/C26H31N3O5S/c1-4-17-5-12-21(13-6-17)29-25(31)22-14-11-20(15-23(22)26(29)32)27-24(30)18-7-9-19(10-8-18)28-35(33,34)16(2)3/h5-6,11-16,18-19,28H,4,7-10H2,1-3H3,(H,27,30)/t18-,19-. The topological polar surface area (TPSA) is 113 Å². The maximum absolute atomic E-state index is 13.0. The number of hydrogen-bond acceptors (Lipinski definition) is 5. The van der Waals surface area contributed by atoms with Crippen LogP contribution in [0, 0.1) is 5.92 Å². The molecule has 1 saturated carbocycles. The Bertz CT molecular complexity index is 1250. The lowest BCUT2D eigenvalue weighted by molar-refractivity contribution is -0.120. The Morgan fingerprint density at radius 3 is 2.20 bits per heavy atom. The third kappa shape index (κ3) is 5.16. The predicted octanol–water partition coefficient (Wildman–Crippen LogP) is 3.87. The minimum atomic E-state index is -3.34. The quantitative estimate of drug-likeness (QED) is 0.564. The van der Waals surface area contributed by atoms with E-state index in [9.17, 15) is 22.8 Å². The summed E-state index contributed by atoms with van der Waals surface area (Å²) < 4.78 is 26.9. The van der Waals surface area contributed by atoms with Crippen molar-refractivity contribution >= 4 is 39.1 Å². The molecule has 0 bridgehead atoms. The monoisotopic (exact) mass is 497 g/mol. The summed E-state index contributed by atoms with van der Waals surface area (Å²) in [6.45, 7) is 5.31. The van der Waals surface area contributed by atoms with Gasteiger partial charge in [0, 0.05) is 17.6 Å². The average molecular weight is 498 g/mol. The van der Waals surface area contributed by atoms with Gasteiger partial charge in [-0.15, -0.1) is 0 Å². The van der Waals surface area contributed by atoms with Crippen LogP contribution in [0.4, 0.5) is 11.4 Å². The van der Waals surface area contributed by atoms with E-state index in [-0.39, 0.29) is 29.3 Å². The van der Waals surface area contributed by atoms with Crippen molar-refractivity contribution in [2.45, 2.75) is 64.2 Å². The fraction of sp³-hybridized carbons (Fsp3) is 0.423. The van der Waals surface area contributed by atoms with Crippen LogP contribution in [0.15, 0.2) is 42.5 Å². The normalized spacial score (nSPS) is 20.3. The first-order valence-corrected chi connectivity index (χ1v) is 13.6. The zero-order chi connectivity index (χ0) is 25.3. The van der Waals surface area contributed by atoms with E-state index in [4.69, 9.17) is 0 Å². The van der Waals surface area contributed by atoms with E-state index < -0.39 is 21.2 Å². The molecule has 0 atom stereocenters. The third-order valence-corrected chi connectivity index (χ3v) is 8.71. The number of nitrogens with zero attached hydrogens (tertiary/aromatic N) is 1. The Morgan fingerprint density at radius 2 is 1.60 bits per heavy atom. The van der Waals surface area contributed by atoms with Crippen LogP contribution >= 0.6 is 0 Å². The number of carbonyl (C=O) groups is 3. The number of fused-ring (bicyclic) bond motifs is 1. The molecule has 0 saturated heterocycles. The molecular weight excluding hydrogens is 466 g/mol. The Morgan fingerprint density at radius 1 is 0.971 bits per heavy atom. The summed E-state index contributed by atoms with van der Waals surface area (Å²) in [4.78, 5) is 39.9. The molecular formula is C26H31N3O5S. The van der Waals surface area contributed by atoms with E-state index >= 15 is 0 Å². The van der Waals surface area contributed by atoms with Crippen LogP contribution in [0.2, 0.25) is 0 Å². The van der Waals surface area contributed by atoms with Crippen molar-refractivity contribution in [3.8, 4) is 0 Å². The van der Waals surface area contributed by atoms with E-state index in [1.807, 2.05) is 19.1 Å². The molecule has 3 amide bonds. The van der Waals surface area contributed by atoms with Gasteiger partial charge < -0.3 is 5.32 Å². The molecule has 35 heavy (non-hydrogen) atoms. The van der Waals surface area contributed by atoms with Gasteiger partial charge >= 0.3 is 0 Å². The Hall–Kier alpha value is -3.04. The van der Waals surface area contributed by atoms with Gasteiger partial charge in [-0.05, 0) is 81.8 Å². The third-order valence-electron chi connectivity index (χ3n) is 6.81. The average Bonchev–Trinajstić information content (AvgIpc) is 3.08. The van der Waals surface area contributed by atoms with Crippen molar-refractivity contribution in [3.63, 3.8) is 0 Å². The lowest BCUT2D eigenvalue weighted by Gasteiger charge is -2.28. The molecule has 0 unspecified atom stereocenters. The predicted molar refractivity (Wildman–Crippen MR) is 135 cm³/mol. The highest BCUT2D eigenvalue weighted by molar-refractivity contribution is 7.90. The first-order chi connectivity index (χ1) is 16.6. The SMILES string of the molecule is CCc1ccc(N2C(=O)c3ccc(NC(=O)[C@H]4CC[C@H](NS(=O)(=O)C(C)C)CC4)cc3C2=O)cc1. The second-order valence-corrected chi connectivity index (χ2v) is 11.7. The molecule has 4 rings (SSSR count). The van der Waals surface area contributed by atoms with Crippen LogP contribution in [0.25, 0.3) is 0 Å². The number of benzene rings is 2. The number of sulfonamides is 1. The summed E-state index contributed by atoms with van der Waals surface area (Å²) >= 11 is 0. The summed E-state index contributed by atoms with van der Waals surface area (Å²) in [7, 11) is -3.34. The molecule has 1 aliphatic heterocycles. The highest BCUT2D eigenvalue weighted by Gasteiger charge is 2.37.